The Kier molecular flexibility index (Phi) is 3.82. The third kappa shape index (κ3) is 2.27. The molecule has 1 aliphatic carbocycles. The van der Waals surface area contributed by atoms with Crippen LogP contribution in [0.25, 0.3) is 0 Å². The van der Waals surface area contributed by atoms with Crippen LogP contribution in [0.5, 0.6) is 0 Å². The highest BCUT2D eigenvalue weighted by Gasteiger charge is 2.55. The smallest absolute Gasteiger partial charge is 0.0266 e. The van der Waals surface area contributed by atoms with Crippen molar-refractivity contribution < 1.29 is 0 Å². The molecule has 0 aromatic rings. The van der Waals surface area contributed by atoms with Crippen LogP contribution in [0.2, 0.25) is 0 Å². The van der Waals surface area contributed by atoms with E-state index < -0.39 is 0 Å². The van der Waals surface area contributed by atoms with Gasteiger partial charge in [-0.05, 0) is 30.1 Å². The lowest BCUT2D eigenvalue weighted by atomic mass is 9.97. The van der Waals surface area contributed by atoms with Gasteiger partial charge in [-0.25, -0.2) is 0 Å². The zero-order chi connectivity index (χ0) is 9.90. The summed E-state index contributed by atoms with van der Waals surface area (Å²) < 4.78 is 0. The van der Waals surface area contributed by atoms with Gasteiger partial charge in [0.15, 0.2) is 0 Å². The van der Waals surface area contributed by atoms with Crippen LogP contribution in [0, 0.1) is 17.3 Å². The van der Waals surface area contributed by atoms with Gasteiger partial charge >= 0.3 is 0 Å². The van der Waals surface area contributed by atoms with Gasteiger partial charge in [-0.1, -0.05) is 53.4 Å². The maximum Gasteiger partial charge on any atom is -0.0266 e. The van der Waals surface area contributed by atoms with Gasteiger partial charge < -0.3 is 0 Å². The molecule has 1 saturated carbocycles. The third-order valence-corrected chi connectivity index (χ3v) is 4.29. The van der Waals surface area contributed by atoms with Crippen molar-refractivity contribution in [3.05, 3.63) is 0 Å². The predicted molar refractivity (Wildman–Crippen MR) is 59.8 cm³/mol. The SMILES string of the molecule is CCCCCC1C(C)C1(C)CCC. The Hall–Kier alpha value is 0. The molecule has 78 valence electrons. The normalized spacial score (nSPS) is 37.8. The lowest BCUT2D eigenvalue weighted by molar-refractivity contribution is 0.422. The van der Waals surface area contributed by atoms with Crippen molar-refractivity contribution in [1.29, 1.82) is 0 Å². The van der Waals surface area contributed by atoms with Crippen molar-refractivity contribution in [1.82, 2.24) is 0 Å². The number of unbranched alkanes of at least 4 members (excludes halogenated alkanes) is 2. The minimum absolute atomic E-state index is 0.725. The van der Waals surface area contributed by atoms with E-state index in [4.69, 9.17) is 0 Å². The number of rotatable bonds is 6. The number of hydrogen-bond acceptors (Lipinski definition) is 0. The van der Waals surface area contributed by atoms with E-state index in [9.17, 15) is 0 Å². The summed E-state index contributed by atoms with van der Waals surface area (Å²) in [7, 11) is 0. The zero-order valence-corrected chi connectivity index (χ0v) is 9.90. The van der Waals surface area contributed by atoms with Gasteiger partial charge in [0.1, 0.15) is 0 Å². The van der Waals surface area contributed by atoms with E-state index in [0.29, 0.717) is 0 Å². The van der Waals surface area contributed by atoms with Crippen molar-refractivity contribution in [3.63, 3.8) is 0 Å². The van der Waals surface area contributed by atoms with E-state index in [1.807, 2.05) is 0 Å². The Morgan fingerprint density at radius 1 is 1.08 bits per heavy atom. The van der Waals surface area contributed by atoms with E-state index in [1.165, 1.54) is 38.5 Å². The van der Waals surface area contributed by atoms with Gasteiger partial charge in [-0.3, -0.25) is 0 Å². The minimum atomic E-state index is 0.725. The van der Waals surface area contributed by atoms with Crippen LogP contribution >= 0.6 is 0 Å². The zero-order valence-electron chi connectivity index (χ0n) is 9.90. The van der Waals surface area contributed by atoms with Crippen LogP contribution in [0.4, 0.5) is 0 Å². The second-order valence-electron chi connectivity index (χ2n) is 5.15. The van der Waals surface area contributed by atoms with Crippen LogP contribution in [0.1, 0.15) is 66.2 Å². The fourth-order valence-electron chi connectivity index (χ4n) is 3.06. The van der Waals surface area contributed by atoms with E-state index in [-0.39, 0.29) is 0 Å². The first-order chi connectivity index (χ1) is 6.16. The van der Waals surface area contributed by atoms with E-state index in [2.05, 4.69) is 27.7 Å². The molecule has 0 saturated heterocycles. The topological polar surface area (TPSA) is 0 Å². The molecule has 0 nitrogen and oxygen atoms in total. The first kappa shape index (κ1) is 11.1. The van der Waals surface area contributed by atoms with Crippen molar-refractivity contribution in [2.24, 2.45) is 17.3 Å². The molecule has 0 aliphatic heterocycles. The Labute approximate surface area is 84.1 Å². The lowest BCUT2D eigenvalue weighted by Gasteiger charge is -2.09. The third-order valence-electron chi connectivity index (χ3n) is 4.29. The molecule has 0 heterocycles. The average molecular weight is 182 g/mol. The Morgan fingerprint density at radius 3 is 2.31 bits per heavy atom. The van der Waals surface area contributed by atoms with Crippen LogP contribution < -0.4 is 0 Å². The fraction of sp³-hybridized carbons (Fsp3) is 1.00. The lowest BCUT2D eigenvalue weighted by Crippen LogP contribution is -1.98. The van der Waals surface area contributed by atoms with Gasteiger partial charge in [-0.2, -0.15) is 0 Å². The van der Waals surface area contributed by atoms with Crippen LogP contribution in [-0.2, 0) is 0 Å². The first-order valence-electron chi connectivity index (χ1n) is 6.16. The molecule has 0 amide bonds. The van der Waals surface area contributed by atoms with E-state index in [1.54, 1.807) is 0 Å². The molecule has 0 bridgehead atoms. The summed E-state index contributed by atoms with van der Waals surface area (Å²) in [6, 6.07) is 0. The molecule has 1 rings (SSSR count). The maximum absolute atomic E-state index is 2.50. The highest BCUT2D eigenvalue weighted by molar-refractivity contribution is 5.04. The molecular weight excluding hydrogens is 156 g/mol. The number of hydrogen-bond donors (Lipinski definition) is 0. The van der Waals surface area contributed by atoms with Gasteiger partial charge in [0.05, 0.1) is 0 Å². The Morgan fingerprint density at radius 2 is 1.77 bits per heavy atom. The Balaban J connectivity index is 2.22. The van der Waals surface area contributed by atoms with Crippen molar-refractivity contribution in [2.75, 3.05) is 0 Å². The molecule has 3 unspecified atom stereocenters. The largest absolute Gasteiger partial charge is 0.0654 e. The van der Waals surface area contributed by atoms with Gasteiger partial charge in [-0.15, -0.1) is 0 Å². The van der Waals surface area contributed by atoms with E-state index >= 15 is 0 Å². The molecule has 1 aliphatic rings. The van der Waals surface area contributed by atoms with Gasteiger partial charge in [0.2, 0.25) is 0 Å². The van der Waals surface area contributed by atoms with Crippen molar-refractivity contribution in [2.45, 2.75) is 66.2 Å². The molecule has 0 radical (unpaired) electrons. The van der Waals surface area contributed by atoms with E-state index in [0.717, 1.165) is 17.3 Å². The second kappa shape index (κ2) is 4.48. The summed E-state index contributed by atoms with van der Waals surface area (Å²) in [6.45, 7) is 9.56. The average Bonchev–Trinajstić information content (AvgIpc) is 2.58. The summed E-state index contributed by atoms with van der Waals surface area (Å²) >= 11 is 0. The fourth-order valence-corrected chi connectivity index (χ4v) is 3.06. The molecule has 0 aromatic carbocycles. The van der Waals surface area contributed by atoms with Gasteiger partial charge in [0.25, 0.3) is 0 Å². The molecule has 13 heavy (non-hydrogen) atoms. The summed E-state index contributed by atoms with van der Waals surface area (Å²) in [6.07, 6.45) is 8.57. The molecule has 0 aromatic heterocycles. The highest BCUT2D eigenvalue weighted by atomic mass is 14.6. The van der Waals surface area contributed by atoms with Crippen molar-refractivity contribution in [3.8, 4) is 0 Å². The first-order valence-corrected chi connectivity index (χ1v) is 6.16. The summed E-state index contributed by atoms with van der Waals surface area (Å²) in [5, 5.41) is 0. The summed E-state index contributed by atoms with van der Waals surface area (Å²) in [4.78, 5) is 0. The van der Waals surface area contributed by atoms with Crippen LogP contribution in [-0.4, -0.2) is 0 Å². The van der Waals surface area contributed by atoms with Crippen LogP contribution in [0.3, 0.4) is 0 Å². The molecule has 1 fully saturated rings. The summed E-state index contributed by atoms with van der Waals surface area (Å²) in [5.74, 6) is 2.06. The van der Waals surface area contributed by atoms with Crippen molar-refractivity contribution >= 4 is 0 Å². The predicted octanol–water partition coefficient (Wildman–Crippen LogP) is 4.64. The molecule has 0 N–H and O–H groups in total. The maximum atomic E-state index is 2.50. The van der Waals surface area contributed by atoms with Crippen LogP contribution in [0.15, 0.2) is 0 Å². The molecule has 0 spiro atoms. The second-order valence-corrected chi connectivity index (χ2v) is 5.15. The molecule has 0 heteroatoms. The molecular formula is C13H26. The van der Waals surface area contributed by atoms with Gasteiger partial charge in [0, 0.05) is 0 Å². The quantitative estimate of drug-likeness (QED) is 0.525. The monoisotopic (exact) mass is 182 g/mol. The minimum Gasteiger partial charge on any atom is -0.0654 e. The molecule has 3 atom stereocenters. The standard InChI is InChI=1S/C13H26/c1-5-7-8-9-12-11(3)13(12,4)10-6-2/h11-12H,5-10H2,1-4H3. The highest BCUT2D eigenvalue weighted by Crippen LogP contribution is 2.63. The summed E-state index contributed by atoms with van der Waals surface area (Å²) in [5.41, 5.74) is 0.725. The Bertz CT molecular complexity index is 150.